The maximum Gasteiger partial charge on any atom is 0.460 e. The van der Waals surface area contributed by atoms with Crippen molar-refractivity contribution in [3.05, 3.63) is 83.9 Å². The third-order valence-corrected chi connectivity index (χ3v) is 8.67. The monoisotopic (exact) mass is 890 g/mol. The summed E-state index contributed by atoms with van der Waals surface area (Å²) in [6, 6.07) is 17.4. The Morgan fingerprint density at radius 1 is 0.559 bits per heavy atom. The van der Waals surface area contributed by atoms with Crippen molar-refractivity contribution >= 4 is 0 Å². The van der Waals surface area contributed by atoms with Gasteiger partial charge in [0.05, 0.1) is 33.0 Å². The van der Waals surface area contributed by atoms with Gasteiger partial charge in [0.15, 0.2) is 6.29 Å². The first-order chi connectivity index (χ1) is 27.1. The van der Waals surface area contributed by atoms with Gasteiger partial charge in [-0.05, 0) is 17.5 Å². The molecule has 5 atom stereocenters. The number of hydrogen-bond acceptors (Lipinski definition) is 7. The second-order valence-corrected chi connectivity index (χ2v) is 12.9. The molecule has 1 aliphatic heterocycles. The van der Waals surface area contributed by atoms with Crippen LogP contribution in [0.2, 0.25) is 0 Å². The maximum atomic E-state index is 14.1. The lowest BCUT2D eigenvalue weighted by atomic mass is 9.88. The summed E-state index contributed by atoms with van der Waals surface area (Å²) in [5.74, 6) is -56.7. The molecule has 0 saturated carbocycles. The molecule has 59 heavy (non-hydrogen) atoms. The molecule has 2 N–H and O–H groups in total. The molecule has 2 aromatic rings. The van der Waals surface area contributed by atoms with Crippen LogP contribution in [0.1, 0.15) is 24.0 Å². The van der Waals surface area contributed by atoms with Crippen molar-refractivity contribution in [1.29, 1.82) is 0 Å². The molecular formula is C35H35F17O7. The number of halogens is 17. The van der Waals surface area contributed by atoms with Crippen LogP contribution in [-0.4, -0.2) is 115 Å². The van der Waals surface area contributed by atoms with Crippen molar-refractivity contribution in [2.24, 2.45) is 0 Å². The zero-order valence-electron chi connectivity index (χ0n) is 29.8. The highest BCUT2D eigenvalue weighted by Gasteiger charge is 2.95. The number of hydrogen-bond donors (Lipinski definition) is 2. The molecule has 0 bridgehead atoms. The molecule has 336 valence electrons. The Hall–Kier alpha value is -3.29. The largest absolute Gasteiger partial charge is 0.460 e. The van der Waals surface area contributed by atoms with Crippen molar-refractivity contribution in [3.63, 3.8) is 0 Å². The van der Waals surface area contributed by atoms with E-state index in [1.54, 1.807) is 60.7 Å². The van der Waals surface area contributed by atoms with Crippen molar-refractivity contribution < 1.29 is 109 Å². The zero-order chi connectivity index (χ0) is 44.7. The van der Waals surface area contributed by atoms with Gasteiger partial charge in [-0.15, -0.1) is 0 Å². The Morgan fingerprint density at radius 2 is 1.00 bits per heavy atom. The minimum absolute atomic E-state index is 0.0170. The summed E-state index contributed by atoms with van der Waals surface area (Å²) in [5.41, 5.74) is 1.42. The average Bonchev–Trinajstić information content (AvgIpc) is 3.16. The van der Waals surface area contributed by atoms with Crippen LogP contribution in [0.4, 0.5) is 74.6 Å². The normalized spacial score (nSPS) is 22.0. The van der Waals surface area contributed by atoms with Crippen molar-refractivity contribution in [3.8, 4) is 0 Å². The minimum atomic E-state index is -8.68. The highest BCUT2D eigenvalue weighted by molar-refractivity contribution is 5.16. The molecular weight excluding hydrogens is 855 g/mol. The van der Waals surface area contributed by atoms with Gasteiger partial charge >= 0.3 is 47.6 Å². The van der Waals surface area contributed by atoms with Crippen LogP contribution in [0.25, 0.3) is 0 Å². The molecule has 1 aliphatic rings. The SMILES string of the molecule is OC[C@H]1O[C@@H](OC/C=C\COCCCC(F)(F)C(F)(F)C(F)(F)C(F)(F)C(F)(F)C(F)(F)C(F)(F)C(F)(F)F)[C@@H](OCc2ccccc2)[C@@H](O)[C@@H]1OCc1ccccc1. The predicted molar refractivity (Wildman–Crippen MR) is 168 cm³/mol. The van der Waals surface area contributed by atoms with Crippen molar-refractivity contribution in [2.75, 3.05) is 26.4 Å². The summed E-state index contributed by atoms with van der Waals surface area (Å²) in [5, 5.41) is 21.2. The molecule has 0 amide bonds. The highest BCUT2D eigenvalue weighted by Crippen LogP contribution is 2.64. The Labute approximate surface area is 323 Å². The minimum Gasteiger partial charge on any atom is -0.394 e. The van der Waals surface area contributed by atoms with E-state index in [-0.39, 0.29) is 19.8 Å². The Bertz CT molecular complexity index is 1610. The van der Waals surface area contributed by atoms with Gasteiger partial charge in [0.1, 0.15) is 24.4 Å². The topological polar surface area (TPSA) is 86.6 Å². The van der Waals surface area contributed by atoms with Crippen LogP contribution in [-0.2, 0) is 36.9 Å². The molecule has 1 fully saturated rings. The van der Waals surface area contributed by atoms with Crippen LogP contribution >= 0.6 is 0 Å². The Balaban J connectivity index is 1.58. The van der Waals surface area contributed by atoms with E-state index in [0.29, 0.717) is 5.56 Å². The van der Waals surface area contributed by atoms with Gasteiger partial charge in [-0.2, -0.15) is 74.6 Å². The third-order valence-electron chi connectivity index (χ3n) is 8.67. The van der Waals surface area contributed by atoms with Gasteiger partial charge < -0.3 is 33.9 Å². The van der Waals surface area contributed by atoms with E-state index in [9.17, 15) is 84.9 Å². The second kappa shape index (κ2) is 19.2. The van der Waals surface area contributed by atoms with Crippen LogP contribution in [0.3, 0.4) is 0 Å². The summed E-state index contributed by atoms with van der Waals surface area (Å²) in [6.45, 7) is -2.68. The summed E-state index contributed by atoms with van der Waals surface area (Å²) in [4.78, 5) is 0. The molecule has 24 heteroatoms. The van der Waals surface area contributed by atoms with Crippen LogP contribution in [0, 0.1) is 0 Å². The van der Waals surface area contributed by atoms with Gasteiger partial charge in [-0.3, -0.25) is 0 Å². The first-order valence-corrected chi connectivity index (χ1v) is 16.9. The van der Waals surface area contributed by atoms with E-state index >= 15 is 0 Å². The predicted octanol–water partition coefficient (Wildman–Crippen LogP) is 8.61. The Kier molecular flexibility index (Phi) is 16.3. The third kappa shape index (κ3) is 10.4. The van der Waals surface area contributed by atoms with Crippen LogP contribution in [0.5, 0.6) is 0 Å². The fourth-order valence-corrected chi connectivity index (χ4v) is 5.28. The van der Waals surface area contributed by atoms with Gasteiger partial charge in [-0.25, -0.2) is 0 Å². The lowest BCUT2D eigenvalue weighted by Crippen LogP contribution is -2.74. The fourth-order valence-electron chi connectivity index (χ4n) is 5.28. The summed E-state index contributed by atoms with van der Waals surface area (Å²) in [6.07, 6.45) is -15.8. The van der Waals surface area contributed by atoms with E-state index < -0.39 is 111 Å². The number of rotatable bonds is 22. The molecule has 0 radical (unpaired) electrons. The van der Waals surface area contributed by atoms with E-state index in [4.69, 9.17) is 23.7 Å². The summed E-state index contributed by atoms with van der Waals surface area (Å²) < 4.78 is 257. The fraction of sp³-hybridized carbons (Fsp3) is 0.600. The summed E-state index contributed by atoms with van der Waals surface area (Å²) in [7, 11) is 0. The Morgan fingerprint density at radius 3 is 1.47 bits per heavy atom. The molecule has 0 spiro atoms. The molecule has 7 nitrogen and oxygen atoms in total. The maximum absolute atomic E-state index is 14.1. The lowest BCUT2D eigenvalue weighted by molar-refractivity contribution is -0.461. The molecule has 1 heterocycles. The smallest absolute Gasteiger partial charge is 0.394 e. The van der Waals surface area contributed by atoms with Crippen LogP contribution < -0.4 is 0 Å². The second-order valence-electron chi connectivity index (χ2n) is 12.9. The lowest BCUT2D eigenvalue weighted by Gasteiger charge is -2.43. The van der Waals surface area contributed by atoms with Gasteiger partial charge in [-0.1, -0.05) is 72.8 Å². The van der Waals surface area contributed by atoms with E-state index in [1.165, 1.54) is 6.08 Å². The summed E-state index contributed by atoms with van der Waals surface area (Å²) >= 11 is 0. The molecule has 2 aromatic carbocycles. The van der Waals surface area contributed by atoms with Gasteiger partial charge in [0, 0.05) is 13.0 Å². The quantitative estimate of drug-likeness (QED) is 0.0696. The molecule has 3 rings (SSSR count). The number of ether oxygens (including phenoxy) is 5. The van der Waals surface area contributed by atoms with E-state index in [1.807, 2.05) is 0 Å². The standard InChI is InChI=1S/C35H35F17O7/c36-28(37,29(38,39)30(40,41)31(42,43)32(44,45)33(46,47)34(48,49)35(50,51)52)14-9-16-55-15-7-8-17-56-27-26(58-20-22-12-5-2-6-13-22)24(54)25(23(18-53)59-27)57-19-21-10-3-1-4-11-21/h1-8,10-13,23-27,53-54H,9,14-20H2/b8-7-/t23-,24+,25-,26+,27-/m1/s1. The average molecular weight is 891 g/mol. The van der Waals surface area contributed by atoms with Crippen molar-refractivity contribution in [1.82, 2.24) is 0 Å². The van der Waals surface area contributed by atoms with E-state index in [2.05, 4.69) is 0 Å². The molecule has 0 unspecified atom stereocenters. The highest BCUT2D eigenvalue weighted by atomic mass is 19.4. The number of aliphatic hydroxyl groups is 2. The number of benzene rings is 2. The number of aliphatic hydroxyl groups excluding tert-OH is 2. The van der Waals surface area contributed by atoms with Gasteiger partial charge in [0.25, 0.3) is 0 Å². The first kappa shape index (κ1) is 50.1. The van der Waals surface area contributed by atoms with Crippen LogP contribution in [0.15, 0.2) is 72.8 Å². The van der Waals surface area contributed by atoms with E-state index in [0.717, 1.165) is 11.6 Å². The molecule has 0 aromatic heterocycles. The molecule has 0 aliphatic carbocycles. The van der Waals surface area contributed by atoms with Crippen molar-refractivity contribution in [2.45, 2.75) is 104 Å². The number of alkyl halides is 17. The van der Waals surface area contributed by atoms with Gasteiger partial charge in [0.2, 0.25) is 0 Å². The zero-order valence-corrected chi connectivity index (χ0v) is 29.8. The molecule has 1 saturated heterocycles. The first-order valence-electron chi connectivity index (χ1n) is 16.9.